The first-order valence-electron chi connectivity index (χ1n) is 38.5. The van der Waals surface area contributed by atoms with Gasteiger partial charge in [0, 0.05) is 124 Å². The topological polar surface area (TPSA) is 382 Å². The summed E-state index contributed by atoms with van der Waals surface area (Å²) in [5, 5.41) is 2.61. The molecule has 9 aromatic rings. The van der Waals surface area contributed by atoms with E-state index in [1.54, 1.807) is 133 Å². The van der Waals surface area contributed by atoms with Gasteiger partial charge < -0.3 is 70.5 Å². The molecule has 0 fully saturated rings. The molecule has 9 rings (SSSR count). The van der Waals surface area contributed by atoms with Crippen molar-refractivity contribution < 1.29 is 129 Å². The number of rotatable bonds is 43. The van der Waals surface area contributed by atoms with E-state index in [0.29, 0.717) is 71.8 Å². The van der Waals surface area contributed by atoms with E-state index in [-0.39, 0.29) is 132 Å². The van der Waals surface area contributed by atoms with Crippen molar-refractivity contribution in [3.05, 3.63) is 143 Å². The normalized spacial score (nSPS) is 11.7. The number of fused-ring (bicyclic) bond motifs is 9. The van der Waals surface area contributed by atoms with Crippen LogP contribution >= 0.6 is 0 Å². The van der Waals surface area contributed by atoms with Crippen molar-refractivity contribution >= 4 is 154 Å². The zero-order valence-corrected chi connectivity index (χ0v) is 67.5. The van der Waals surface area contributed by atoms with Gasteiger partial charge in [-0.25, -0.2) is 28.8 Å². The molecule has 620 valence electrons. The standard InChI is InChI=1S/C87H95N3O27/c1-14-87(45-106-33-36-109-72(91)27-30-88-66-21-15-54(75(94)81(100)112-48(2)3)39-60(66)61-40-55(16-22-67(61)88)76(95)82(101)113-49(4)5,46-107-34-37-110-73(92)28-31-89-68-23-17-56(77(96)83(102)114-50(6)7)41-62(68)63-42-57(18-24-69(63)89)78(97)84(103)115-51(8)9)47-108-35-38-111-74(93)29-32-90-70-25-19-58(79(98)85(104)116-52(10)11)43-64(70)65-44-59(20-26-71(65)90)80(99)86(105)117-53(12)13/h15-26,39-44,48-53H,14,27-38,45-47H2,1-13H3. The van der Waals surface area contributed by atoms with Crippen LogP contribution in [-0.4, -0.2) is 198 Å². The largest absolute Gasteiger partial charge is 0.463 e. The number of Topliss-reactive ketones (excluding diaryl/α,β-unsaturated/α-hetero) is 6. The molecule has 0 aliphatic heterocycles. The van der Waals surface area contributed by atoms with Gasteiger partial charge in [0.05, 0.1) is 95.5 Å². The number of aryl methyl sites for hydroxylation is 3. The molecule has 3 heterocycles. The van der Waals surface area contributed by atoms with Crippen LogP contribution in [0, 0.1) is 5.41 Å². The van der Waals surface area contributed by atoms with E-state index in [1.165, 1.54) is 72.8 Å². The summed E-state index contributed by atoms with van der Waals surface area (Å²) in [5.41, 5.74) is 2.25. The van der Waals surface area contributed by atoms with E-state index < -0.39 is 130 Å². The summed E-state index contributed by atoms with van der Waals surface area (Å²) >= 11 is 0. The maximum Gasteiger partial charge on any atom is 0.379 e. The Labute approximate surface area is 672 Å². The summed E-state index contributed by atoms with van der Waals surface area (Å²) in [6.07, 6.45) is -3.55. The van der Waals surface area contributed by atoms with E-state index in [1.807, 2.05) is 6.92 Å². The Morgan fingerprint density at radius 1 is 0.274 bits per heavy atom. The Morgan fingerprint density at radius 3 is 0.615 bits per heavy atom. The minimum Gasteiger partial charge on any atom is -0.463 e. The van der Waals surface area contributed by atoms with Gasteiger partial charge in [-0.1, -0.05) is 6.92 Å². The van der Waals surface area contributed by atoms with Crippen molar-refractivity contribution in [2.75, 3.05) is 59.5 Å². The maximum absolute atomic E-state index is 13.6. The van der Waals surface area contributed by atoms with Gasteiger partial charge in [-0.3, -0.25) is 43.2 Å². The van der Waals surface area contributed by atoms with Gasteiger partial charge in [-0.15, -0.1) is 0 Å². The van der Waals surface area contributed by atoms with Gasteiger partial charge in [-0.2, -0.15) is 0 Å². The van der Waals surface area contributed by atoms with Crippen molar-refractivity contribution in [1.82, 2.24) is 13.7 Å². The summed E-state index contributed by atoms with van der Waals surface area (Å²) in [6.45, 7) is 20.3. The second kappa shape index (κ2) is 39.9. The Hall–Kier alpha value is -12.2. The number of carbonyl (C=O) groups excluding carboxylic acids is 15. The minimum atomic E-state index is -1.07. The molecule has 0 N–H and O–H groups in total. The maximum atomic E-state index is 13.6. The number of carbonyl (C=O) groups is 15. The van der Waals surface area contributed by atoms with Crippen molar-refractivity contribution in [3.63, 3.8) is 0 Å². The average Bonchev–Trinajstić information content (AvgIpc) is 1.61. The third kappa shape index (κ3) is 22.5. The predicted molar refractivity (Wildman–Crippen MR) is 424 cm³/mol. The van der Waals surface area contributed by atoms with Crippen molar-refractivity contribution in [2.24, 2.45) is 5.41 Å². The molecule has 30 nitrogen and oxygen atoms in total. The van der Waals surface area contributed by atoms with E-state index in [2.05, 4.69) is 0 Å². The van der Waals surface area contributed by atoms with Crippen LogP contribution in [-0.2, 0) is 120 Å². The summed E-state index contributed by atoms with van der Waals surface area (Å²) in [6, 6.07) is 27.1. The van der Waals surface area contributed by atoms with E-state index >= 15 is 0 Å². The zero-order chi connectivity index (χ0) is 85.3. The molecule has 0 unspecified atom stereocenters. The van der Waals surface area contributed by atoms with Gasteiger partial charge in [0.1, 0.15) is 19.8 Å². The molecule has 0 aliphatic rings. The highest BCUT2D eigenvalue weighted by atomic mass is 16.6. The second-order valence-corrected chi connectivity index (χ2v) is 29.5. The lowest BCUT2D eigenvalue weighted by Crippen LogP contribution is -2.38. The lowest BCUT2D eigenvalue weighted by Gasteiger charge is -2.32. The lowest BCUT2D eigenvalue weighted by atomic mass is 9.88. The highest BCUT2D eigenvalue weighted by Crippen LogP contribution is 2.36. The SMILES string of the molecule is CCC(COCCOC(=O)CCn1c2ccc(C(=O)C(=O)OC(C)C)cc2c2cc(C(=O)C(=O)OC(C)C)ccc21)(COCCOC(=O)CCn1c2ccc(C(=O)C(=O)OC(C)C)cc2c2cc(C(=O)C(=O)OC(C)C)ccc21)COCCOC(=O)CCn1c2ccc(C(=O)C(=O)OC(C)C)cc2c2cc(C(=O)C(=O)OC(C)C)ccc21. The van der Waals surface area contributed by atoms with Crippen LogP contribution in [0.5, 0.6) is 0 Å². The number of ketones is 6. The van der Waals surface area contributed by atoms with E-state index in [9.17, 15) is 71.9 Å². The molecule has 0 spiro atoms. The Bertz CT molecular complexity index is 4560. The molecule has 0 aliphatic carbocycles. The lowest BCUT2D eigenvalue weighted by molar-refractivity contribution is -0.148. The first-order chi connectivity index (χ1) is 55.6. The molecule has 6 aromatic carbocycles. The van der Waals surface area contributed by atoms with Gasteiger partial charge in [0.25, 0.3) is 34.7 Å². The van der Waals surface area contributed by atoms with Gasteiger partial charge in [0.15, 0.2) is 0 Å². The number of hydrogen-bond donors (Lipinski definition) is 0. The van der Waals surface area contributed by atoms with Gasteiger partial charge >= 0.3 is 53.7 Å². The smallest absolute Gasteiger partial charge is 0.379 e. The second-order valence-electron chi connectivity index (χ2n) is 29.5. The minimum absolute atomic E-state index is 0.00364. The number of hydrogen-bond acceptors (Lipinski definition) is 27. The van der Waals surface area contributed by atoms with Crippen LogP contribution in [0.3, 0.4) is 0 Å². The first kappa shape index (κ1) is 88.8. The summed E-state index contributed by atoms with van der Waals surface area (Å²) in [7, 11) is 0. The fourth-order valence-corrected chi connectivity index (χ4v) is 13.0. The fraction of sp³-hybridized carbons (Fsp3) is 0.414. The molecule has 0 amide bonds. The van der Waals surface area contributed by atoms with E-state index in [0.717, 1.165) is 0 Å². The molecule has 117 heavy (non-hydrogen) atoms. The molecule has 0 radical (unpaired) electrons. The number of aromatic nitrogens is 3. The molecule has 30 heteroatoms. The van der Waals surface area contributed by atoms with Crippen LogP contribution in [0.1, 0.15) is 178 Å². The highest BCUT2D eigenvalue weighted by Gasteiger charge is 2.33. The molecule has 3 aromatic heterocycles. The number of ether oxygens (including phenoxy) is 12. The van der Waals surface area contributed by atoms with Crippen LogP contribution < -0.4 is 0 Å². The molecule has 0 atom stereocenters. The first-order valence-corrected chi connectivity index (χ1v) is 38.5. The Morgan fingerprint density at radius 2 is 0.453 bits per heavy atom. The monoisotopic (exact) mass is 1610 g/mol. The van der Waals surface area contributed by atoms with Crippen molar-refractivity contribution in [3.8, 4) is 0 Å². The van der Waals surface area contributed by atoms with Crippen LogP contribution in [0.25, 0.3) is 65.4 Å². The van der Waals surface area contributed by atoms with Crippen LogP contribution in [0.4, 0.5) is 0 Å². The third-order valence-corrected chi connectivity index (χ3v) is 18.4. The molecule has 0 bridgehead atoms. The van der Waals surface area contributed by atoms with E-state index in [4.69, 9.17) is 56.8 Å². The third-order valence-electron chi connectivity index (χ3n) is 18.4. The summed E-state index contributed by atoms with van der Waals surface area (Å²) in [5.74, 6) is -13.7. The van der Waals surface area contributed by atoms with Crippen LogP contribution in [0.2, 0.25) is 0 Å². The molecular formula is C87H95N3O27. The fourth-order valence-electron chi connectivity index (χ4n) is 13.0. The highest BCUT2D eigenvalue weighted by molar-refractivity contribution is 6.44. The Kier molecular flexibility index (Phi) is 30.3. The van der Waals surface area contributed by atoms with Crippen molar-refractivity contribution in [1.29, 1.82) is 0 Å². The Balaban J connectivity index is 0.863. The molecule has 0 saturated carbocycles. The number of esters is 9. The zero-order valence-electron chi connectivity index (χ0n) is 67.5. The number of nitrogens with zero attached hydrogens (tertiary/aromatic N) is 3. The molecular weight excluding hydrogens is 1520 g/mol. The average molecular weight is 1610 g/mol. The van der Waals surface area contributed by atoms with Crippen LogP contribution in [0.15, 0.2) is 109 Å². The van der Waals surface area contributed by atoms with Gasteiger partial charge in [-0.05, 0) is 199 Å². The quantitative estimate of drug-likeness (QED) is 0.0113. The van der Waals surface area contributed by atoms with Gasteiger partial charge in [0.2, 0.25) is 0 Å². The number of benzene rings is 6. The predicted octanol–water partition coefficient (Wildman–Crippen LogP) is 11.5. The molecule has 0 saturated heterocycles. The summed E-state index contributed by atoms with van der Waals surface area (Å²) in [4.78, 5) is 197. The van der Waals surface area contributed by atoms with Crippen molar-refractivity contribution in [2.45, 2.75) is 172 Å². The summed E-state index contributed by atoms with van der Waals surface area (Å²) < 4.78 is 71.7.